The van der Waals surface area contributed by atoms with Crippen molar-refractivity contribution in [3.05, 3.63) is 54.0 Å². The van der Waals surface area contributed by atoms with Gasteiger partial charge in [0.15, 0.2) is 11.5 Å². The van der Waals surface area contributed by atoms with E-state index in [4.69, 9.17) is 9.47 Å². The first-order valence-corrected chi connectivity index (χ1v) is 10.3. The molecule has 1 fully saturated rings. The van der Waals surface area contributed by atoms with Crippen molar-refractivity contribution < 1.29 is 29.2 Å². The van der Waals surface area contributed by atoms with Gasteiger partial charge in [0.1, 0.15) is 17.3 Å². The zero-order chi connectivity index (χ0) is 22.2. The number of anilines is 1. The van der Waals surface area contributed by atoms with Crippen LogP contribution < -0.4 is 14.8 Å². The molecule has 2 aliphatic heterocycles. The lowest BCUT2D eigenvalue weighted by Crippen LogP contribution is -2.39. The summed E-state index contributed by atoms with van der Waals surface area (Å²) in [6.07, 6.45) is 4.55. The van der Waals surface area contributed by atoms with Gasteiger partial charge in [0.05, 0.1) is 17.4 Å². The van der Waals surface area contributed by atoms with Gasteiger partial charge in [0, 0.05) is 45.1 Å². The Morgan fingerprint density at radius 3 is 2.88 bits per heavy atom. The molecular weight excluding hydrogens is 439 g/mol. The van der Waals surface area contributed by atoms with E-state index in [0.29, 0.717) is 42.4 Å². The first-order valence-electron chi connectivity index (χ1n) is 10.3. The molecule has 0 spiro atoms. The highest BCUT2D eigenvalue weighted by molar-refractivity contribution is 5.95. The molecule has 2 aliphatic rings. The summed E-state index contributed by atoms with van der Waals surface area (Å²) in [5, 5.41) is 6.54. The number of benzene rings is 1. The molecule has 1 N–H and O–H groups in total. The summed E-state index contributed by atoms with van der Waals surface area (Å²) in [6.45, 7) is 1.21. The summed E-state index contributed by atoms with van der Waals surface area (Å²) in [7, 11) is 1.64. The average molecular weight is 463 g/mol. The highest BCUT2D eigenvalue weighted by atomic mass is 19.1. The van der Waals surface area contributed by atoms with Gasteiger partial charge in [-0.1, -0.05) is 0 Å². The van der Waals surface area contributed by atoms with E-state index in [9.17, 15) is 13.6 Å². The van der Waals surface area contributed by atoms with Gasteiger partial charge in [0.2, 0.25) is 12.7 Å². The lowest BCUT2D eigenvalue weighted by Gasteiger charge is -2.24. The van der Waals surface area contributed by atoms with Gasteiger partial charge in [-0.05, 0) is 31.5 Å². The Bertz CT molecular complexity index is 1190. The normalized spacial score (nSPS) is 17.1. The number of ether oxygens (including phenoxy) is 2. The van der Waals surface area contributed by atoms with Crippen LogP contribution in [0, 0.1) is 11.6 Å². The van der Waals surface area contributed by atoms with Gasteiger partial charge >= 0.3 is 0 Å². The molecule has 5 rings (SSSR count). The summed E-state index contributed by atoms with van der Waals surface area (Å²) < 4.78 is 41.8. The van der Waals surface area contributed by atoms with E-state index in [1.165, 1.54) is 10.9 Å². The molecule has 2 aromatic heterocycles. The minimum Gasteiger partial charge on any atom is -0.453 e. The number of halogens is 3. The van der Waals surface area contributed by atoms with Crippen LogP contribution in [0.3, 0.4) is 0 Å². The van der Waals surface area contributed by atoms with Gasteiger partial charge in [-0.2, -0.15) is 5.10 Å². The van der Waals surface area contributed by atoms with Crippen LogP contribution >= 0.6 is 0 Å². The van der Waals surface area contributed by atoms with Crippen molar-refractivity contribution in [3.8, 4) is 22.8 Å². The summed E-state index contributed by atoms with van der Waals surface area (Å²) in [4.78, 5) is 19.3. The number of carbonyl (C=O) groups excluding carboxylic acids is 1. The van der Waals surface area contributed by atoms with E-state index >= 15 is 0 Å². The summed E-state index contributed by atoms with van der Waals surface area (Å²) in [5.74, 6) is -0.541. The van der Waals surface area contributed by atoms with Crippen LogP contribution in [-0.2, 0) is 18.4 Å². The van der Waals surface area contributed by atoms with Crippen molar-refractivity contribution in [3.63, 3.8) is 0 Å². The number of aryl methyl sites for hydroxylation is 1. The van der Waals surface area contributed by atoms with Crippen LogP contribution in [0.5, 0.6) is 11.5 Å². The average Bonchev–Trinajstić information content (AvgIpc) is 3.51. The van der Waals surface area contributed by atoms with Crippen LogP contribution in [0.15, 0.2) is 36.7 Å². The zero-order valence-electron chi connectivity index (χ0n) is 17.8. The number of hydrogen-bond acceptors (Lipinski definition) is 6. The highest BCUT2D eigenvalue weighted by Gasteiger charge is 2.33. The molecule has 0 radical (unpaired) electrons. The number of carbonyl (C=O) groups is 1. The van der Waals surface area contributed by atoms with Gasteiger partial charge in [0.25, 0.3) is 0 Å². The molecule has 8 nitrogen and oxygen atoms in total. The molecule has 1 atom stereocenters. The fraction of sp³-hybridized carbons (Fsp3) is 0.318. The number of likely N-dealkylation sites (tertiary alicyclic amines) is 1. The molecule has 1 saturated heterocycles. The van der Waals surface area contributed by atoms with Crippen LogP contribution in [0.1, 0.15) is 20.0 Å². The SMILES string of the molecule is Cn1nccc1-c1cc(F)c(NC(=O)[C@H]2CCCN2Cc2nccc3c2OCO3)cc1F.F.[HH]. The van der Waals surface area contributed by atoms with E-state index in [1.807, 2.05) is 4.90 Å². The molecule has 33 heavy (non-hydrogen) atoms. The molecule has 1 aromatic carbocycles. The Morgan fingerprint density at radius 1 is 1.24 bits per heavy atom. The van der Waals surface area contributed by atoms with Crippen LogP contribution in [0.25, 0.3) is 11.3 Å². The van der Waals surface area contributed by atoms with Gasteiger partial charge < -0.3 is 14.8 Å². The number of pyridine rings is 1. The number of hydrogen-bond donors (Lipinski definition) is 1. The van der Waals surface area contributed by atoms with E-state index in [1.54, 1.807) is 25.4 Å². The maximum absolute atomic E-state index is 14.7. The quantitative estimate of drug-likeness (QED) is 0.624. The predicted molar refractivity (Wildman–Crippen MR) is 116 cm³/mol. The summed E-state index contributed by atoms with van der Waals surface area (Å²) in [5.41, 5.74) is 1.00. The molecule has 3 aromatic rings. The third-order valence-electron chi connectivity index (χ3n) is 5.79. The Morgan fingerprint density at radius 2 is 2.09 bits per heavy atom. The standard InChI is InChI=1S/C22H21F2N5O3.FH.H2/c1-28-18(4-7-26-28)13-9-15(24)16(10-14(13)23)27-22(30)19-3-2-8-29(19)11-17-21-20(5-6-25-17)31-12-32-21;;/h4-7,9-10,19H,2-3,8,11-12H2,1H3,(H,27,30);2*1H/t19-;;/m1../s1. The van der Waals surface area contributed by atoms with Crippen LogP contribution in [-0.4, -0.2) is 45.0 Å². The summed E-state index contributed by atoms with van der Waals surface area (Å²) in [6, 6.07) is 4.91. The number of aromatic nitrogens is 3. The monoisotopic (exact) mass is 463 g/mol. The third kappa shape index (κ3) is 4.23. The first-order chi connectivity index (χ1) is 15.5. The van der Waals surface area contributed by atoms with Crippen LogP contribution in [0.2, 0.25) is 0 Å². The fourth-order valence-electron chi connectivity index (χ4n) is 4.20. The summed E-state index contributed by atoms with van der Waals surface area (Å²) >= 11 is 0. The van der Waals surface area contributed by atoms with E-state index in [0.717, 1.165) is 18.6 Å². The molecule has 0 unspecified atom stereocenters. The van der Waals surface area contributed by atoms with E-state index in [-0.39, 0.29) is 30.1 Å². The fourth-order valence-corrected chi connectivity index (χ4v) is 4.20. The number of amides is 1. The third-order valence-corrected chi connectivity index (χ3v) is 5.79. The van der Waals surface area contributed by atoms with E-state index in [2.05, 4.69) is 15.4 Å². The van der Waals surface area contributed by atoms with Crippen molar-refractivity contribution in [2.75, 3.05) is 18.7 Å². The van der Waals surface area contributed by atoms with Gasteiger partial charge in [-0.25, -0.2) is 8.78 Å². The predicted octanol–water partition coefficient (Wildman–Crippen LogP) is 3.49. The second-order valence-electron chi connectivity index (χ2n) is 7.76. The van der Waals surface area contributed by atoms with Crippen molar-refractivity contribution >= 4 is 11.6 Å². The Labute approximate surface area is 189 Å². The number of fused-ring (bicyclic) bond motifs is 1. The van der Waals surface area contributed by atoms with Crippen molar-refractivity contribution in [2.45, 2.75) is 25.4 Å². The molecular formula is C22H24F3N5O3. The number of nitrogens with one attached hydrogen (secondary N) is 1. The topological polar surface area (TPSA) is 81.5 Å². The number of nitrogens with zero attached hydrogens (tertiary/aromatic N) is 4. The molecule has 0 aliphatic carbocycles. The number of rotatable bonds is 5. The lowest BCUT2D eigenvalue weighted by molar-refractivity contribution is -0.120. The molecule has 0 bridgehead atoms. The minimum atomic E-state index is -0.714. The molecule has 11 heteroatoms. The minimum absolute atomic E-state index is 0. The maximum atomic E-state index is 14.7. The molecule has 0 saturated carbocycles. The largest absolute Gasteiger partial charge is 0.453 e. The molecule has 4 heterocycles. The van der Waals surface area contributed by atoms with E-state index < -0.39 is 17.7 Å². The maximum Gasteiger partial charge on any atom is 0.241 e. The molecule has 176 valence electrons. The smallest absolute Gasteiger partial charge is 0.241 e. The Kier molecular flexibility index (Phi) is 6.23. The van der Waals surface area contributed by atoms with Crippen molar-refractivity contribution in [1.29, 1.82) is 0 Å². The zero-order valence-corrected chi connectivity index (χ0v) is 17.8. The Hall–Kier alpha value is -3.60. The Balaban J connectivity index is 0.00000162. The van der Waals surface area contributed by atoms with Crippen LogP contribution in [0.4, 0.5) is 19.2 Å². The van der Waals surface area contributed by atoms with Crippen molar-refractivity contribution in [2.24, 2.45) is 7.05 Å². The van der Waals surface area contributed by atoms with Crippen molar-refractivity contribution in [1.82, 2.24) is 19.7 Å². The van der Waals surface area contributed by atoms with Gasteiger partial charge in [-0.15, -0.1) is 0 Å². The highest BCUT2D eigenvalue weighted by Crippen LogP contribution is 2.35. The molecule has 1 amide bonds. The van der Waals surface area contributed by atoms with Gasteiger partial charge in [-0.3, -0.25) is 24.1 Å². The second-order valence-corrected chi connectivity index (χ2v) is 7.76. The second kappa shape index (κ2) is 9.10. The lowest BCUT2D eigenvalue weighted by atomic mass is 10.1. The first kappa shape index (κ1) is 22.6.